The summed E-state index contributed by atoms with van der Waals surface area (Å²) in [7, 11) is 3.90. The molecule has 7 heteroatoms. The number of fused-ring (bicyclic) bond motifs is 1. The summed E-state index contributed by atoms with van der Waals surface area (Å²) in [5.41, 5.74) is 2.63. The largest absolute Gasteiger partial charge is 0.452 e. The van der Waals surface area contributed by atoms with Crippen molar-refractivity contribution in [2.45, 2.75) is 25.4 Å². The van der Waals surface area contributed by atoms with Gasteiger partial charge in [-0.25, -0.2) is 0 Å². The molecule has 0 aliphatic carbocycles. The normalized spacial score (nSPS) is 19.1. The van der Waals surface area contributed by atoms with Crippen molar-refractivity contribution in [2.24, 2.45) is 0 Å². The summed E-state index contributed by atoms with van der Waals surface area (Å²) in [6, 6.07) is 12.8. The van der Waals surface area contributed by atoms with Crippen molar-refractivity contribution in [2.75, 3.05) is 32.1 Å². The molecule has 0 aromatic heterocycles. The Balaban J connectivity index is 2.10. The lowest BCUT2D eigenvalue weighted by Gasteiger charge is -2.29. The summed E-state index contributed by atoms with van der Waals surface area (Å²) < 4.78 is 5.57. The number of carbonyl (C=O) groups is 2. The zero-order valence-electron chi connectivity index (χ0n) is 16.7. The number of amides is 1. The molecule has 154 valence electrons. The Hall–Kier alpha value is -2.08. The molecule has 0 spiro atoms. The molecule has 1 amide bonds. The van der Waals surface area contributed by atoms with Gasteiger partial charge < -0.3 is 14.5 Å². The van der Waals surface area contributed by atoms with Gasteiger partial charge in [0.15, 0.2) is 6.10 Å². The van der Waals surface area contributed by atoms with E-state index in [9.17, 15) is 9.59 Å². The Morgan fingerprint density at radius 2 is 1.79 bits per heavy atom. The van der Waals surface area contributed by atoms with Crippen LogP contribution in [0.25, 0.3) is 0 Å². The van der Waals surface area contributed by atoms with Crippen LogP contribution in [0.1, 0.15) is 24.0 Å². The number of rotatable bonds is 5. The molecule has 5 nitrogen and oxygen atoms in total. The first kappa shape index (κ1) is 21.6. The van der Waals surface area contributed by atoms with Crippen LogP contribution in [0.5, 0.6) is 0 Å². The summed E-state index contributed by atoms with van der Waals surface area (Å²) in [6.07, 6.45) is -0.415. The fourth-order valence-corrected chi connectivity index (χ4v) is 3.93. The fraction of sp³-hybridized carbons (Fsp3) is 0.364. The minimum absolute atomic E-state index is 0.233. The summed E-state index contributed by atoms with van der Waals surface area (Å²) >= 11 is 12.3. The summed E-state index contributed by atoms with van der Waals surface area (Å²) in [4.78, 5) is 29.1. The summed E-state index contributed by atoms with van der Waals surface area (Å²) in [5, 5.41) is 1.21. The first-order chi connectivity index (χ1) is 13.8. The Labute approximate surface area is 181 Å². The maximum absolute atomic E-state index is 13.6. The van der Waals surface area contributed by atoms with Crippen LogP contribution >= 0.6 is 23.2 Å². The first-order valence-corrected chi connectivity index (χ1v) is 10.2. The van der Waals surface area contributed by atoms with Crippen molar-refractivity contribution in [3.05, 3.63) is 63.6 Å². The molecule has 0 saturated carbocycles. The van der Waals surface area contributed by atoms with E-state index < -0.39 is 12.1 Å². The van der Waals surface area contributed by atoms with Gasteiger partial charge in [0.25, 0.3) is 5.91 Å². The molecule has 0 bridgehead atoms. The van der Waals surface area contributed by atoms with Crippen LogP contribution in [-0.4, -0.2) is 50.1 Å². The van der Waals surface area contributed by atoms with E-state index in [1.807, 2.05) is 43.3 Å². The van der Waals surface area contributed by atoms with Gasteiger partial charge in [-0.05, 0) is 62.0 Å². The molecule has 1 aliphatic rings. The van der Waals surface area contributed by atoms with Crippen LogP contribution in [0.15, 0.2) is 42.5 Å². The van der Waals surface area contributed by atoms with Crippen molar-refractivity contribution in [3.8, 4) is 0 Å². The SMILES string of the molecule is CC(=O)O[C@@H]1C(=O)N(CCN(C)C)c2ccc(Cl)cc2C[C@@H]1c1ccc(Cl)cc1. The van der Waals surface area contributed by atoms with Gasteiger partial charge in [-0.1, -0.05) is 35.3 Å². The Morgan fingerprint density at radius 3 is 2.41 bits per heavy atom. The molecular weight excluding hydrogens is 411 g/mol. The van der Waals surface area contributed by atoms with Crippen molar-refractivity contribution >= 4 is 40.8 Å². The van der Waals surface area contributed by atoms with Crippen LogP contribution in [0.2, 0.25) is 10.0 Å². The second-order valence-electron chi connectivity index (χ2n) is 7.46. The Morgan fingerprint density at radius 1 is 1.14 bits per heavy atom. The van der Waals surface area contributed by atoms with Gasteiger partial charge >= 0.3 is 5.97 Å². The van der Waals surface area contributed by atoms with Gasteiger partial charge in [0.2, 0.25) is 0 Å². The minimum Gasteiger partial charge on any atom is -0.452 e. The van der Waals surface area contributed by atoms with E-state index >= 15 is 0 Å². The van der Waals surface area contributed by atoms with E-state index in [0.29, 0.717) is 29.6 Å². The number of likely N-dealkylation sites (N-methyl/N-ethyl adjacent to an activating group) is 1. The van der Waals surface area contributed by atoms with E-state index in [4.69, 9.17) is 27.9 Å². The molecule has 2 aromatic carbocycles. The number of nitrogens with zero attached hydrogens (tertiary/aromatic N) is 2. The smallest absolute Gasteiger partial charge is 0.303 e. The lowest BCUT2D eigenvalue weighted by Crippen LogP contribution is -2.45. The Bertz CT molecular complexity index is 899. The van der Waals surface area contributed by atoms with Gasteiger partial charge in [0, 0.05) is 41.7 Å². The first-order valence-electron chi connectivity index (χ1n) is 9.43. The number of esters is 1. The van der Waals surface area contributed by atoms with E-state index in [1.165, 1.54) is 6.92 Å². The highest BCUT2D eigenvalue weighted by molar-refractivity contribution is 6.31. The molecule has 0 N–H and O–H groups in total. The molecule has 29 heavy (non-hydrogen) atoms. The highest BCUT2D eigenvalue weighted by Gasteiger charge is 2.40. The molecule has 0 unspecified atom stereocenters. The van der Waals surface area contributed by atoms with Crippen LogP contribution < -0.4 is 4.90 Å². The van der Waals surface area contributed by atoms with Crippen molar-refractivity contribution in [1.82, 2.24) is 4.90 Å². The molecule has 0 saturated heterocycles. The average Bonchev–Trinajstić information content (AvgIpc) is 2.76. The van der Waals surface area contributed by atoms with E-state index in [-0.39, 0.29) is 11.8 Å². The average molecular weight is 435 g/mol. The zero-order valence-corrected chi connectivity index (χ0v) is 18.2. The van der Waals surface area contributed by atoms with Crippen molar-refractivity contribution in [1.29, 1.82) is 0 Å². The maximum Gasteiger partial charge on any atom is 0.303 e. The highest BCUT2D eigenvalue weighted by atomic mass is 35.5. The predicted octanol–water partition coefficient (Wildman–Crippen LogP) is 4.16. The van der Waals surface area contributed by atoms with Gasteiger partial charge in [0.1, 0.15) is 0 Å². The molecule has 2 aromatic rings. The maximum atomic E-state index is 13.6. The lowest BCUT2D eigenvalue weighted by atomic mass is 9.87. The second kappa shape index (κ2) is 9.16. The monoisotopic (exact) mass is 434 g/mol. The van der Waals surface area contributed by atoms with Crippen LogP contribution in [0.4, 0.5) is 5.69 Å². The number of hydrogen-bond donors (Lipinski definition) is 0. The third-order valence-corrected chi connectivity index (χ3v) is 5.50. The number of halogens is 2. The van der Waals surface area contributed by atoms with Crippen molar-refractivity contribution < 1.29 is 14.3 Å². The van der Waals surface area contributed by atoms with Gasteiger partial charge in [-0.2, -0.15) is 0 Å². The number of ether oxygens (including phenoxy) is 1. The van der Waals surface area contributed by atoms with E-state index in [1.54, 1.807) is 23.1 Å². The fourth-order valence-electron chi connectivity index (χ4n) is 3.61. The topological polar surface area (TPSA) is 49.9 Å². The molecule has 3 rings (SSSR count). The Kier molecular flexibility index (Phi) is 6.83. The third kappa shape index (κ3) is 5.10. The molecular formula is C22H24Cl2N2O3. The lowest BCUT2D eigenvalue weighted by molar-refractivity contribution is -0.154. The standard InChI is InChI=1S/C22H24Cl2N2O3/c1-14(27)29-21-19(15-4-6-17(23)7-5-15)13-16-12-18(24)8-9-20(16)26(22(21)28)11-10-25(2)3/h4-9,12,19,21H,10-11,13H2,1-3H3/t19-,21+/m1/s1. The van der Waals surface area contributed by atoms with Crippen LogP contribution in [0, 0.1) is 0 Å². The third-order valence-electron chi connectivity index (χ3n) is 5.01. The predicted molar refractivity (Wildman–Crippen MR) is 116 cm³/mol. The minimum atomic E-state index is -0.929. The number of hydrogen-bond acceptors (Lipinski definition) is 4. The van der Waals surface area contributed by atoms with Crippen LogP contribution in [-0.2, 0) is 20.7 Å². The van der Waals surface area contributed by atoms with E-state index in [2.05, 4.69) is 0 Å². The molecule has 0 radical (unpaired) electrons. The quantitative estimate of drug-likeness (QED) is 0.662. The molecule has 0 fully saturated rings. The molecule has 1 aliphatic heterocycles. The van der Waals surface area contributed by atoms with Crippen LogP contribution in [0.3, 0.4) is 0 Å². The highest BCUT2D eigenvalue weighted by Crippen LogP contribution is 2.37. The van der Waals surface area contributed by atoms with Gasteiger partial charge in [-0.3, -0.25) is 9.59 Å². The summed E-state index contributed by atoms with van der Waals surface area (Å²) in [5.74, 6) is -1.06. The molecule has 1 heterocycles. The number of anilines is 1. The molecule has 2 atom stereocenters. The van der Waals surface area contributed by atoms with Crippen molar-refractivity contribution in [3.63, 3.8) is 0 Å². The number of carbonyl (C=O) groups excluding carboxylic acids is 2. The zero-order chi connectivity index (χ0) is 21.1. The van der Waals surface area contributed by atoms with E-state index in [0.717, 1.165) is 16.8 Å². The number of benzene rings is 2. The van der Waals surface area contributed by atoms with Gasteiger partial charge in [-0.15, -0.1) is 0 Å². The second-order valence-corrected chi connectivity index (χ2v) is 8.33. The van der Waals surface area contributed by atoms with Gasteiger partial charge in [0.05, 0.1) is 0 Å². The summed E-state index contributed by atoms with van der Waals surface area (Å²) in [6.45, 7) is 2.48.